The lowest BCUT2D eigenvalue weighted by molar-refractivity contribution is 0.305. The lowest BCUT2D eigenvalue weighted by Crippen LogP contribution is -2.10. The molecule has 2 rings (SSSR count). The van der Waals surface area contributed by atoms with Gasteiger partial charge in [-0.2, -0.15) is 0 Å². The molecule has 0 aliphatic rings. The second kappa shape index (κ2) is 6.55. The molecule has 0 aliphatic carbocycles. The quantitative estimate of drug-likeness (QED) is 0.905. The van der Waals surface area contributed by atoms with Gasteiger partial charge in [0.1, 0.15) is 12.4 Å². The number of hydrogen-bond acceptors (Lipinski definition) is 3. The van der Waals surface area contributed by atoms with Crippen molar-refractivity contribution in [2.24, 2.45) is 5.73 Å². The van der Waals surface area contributed by atoms with Gasteiger partial charge in [0.05, 0.1) is 11.9 Å². The molecule has 0 unspecified atom stereocenters. The molecule has 1 heterocycles. The molecule has 0 radical (unpaired) electrons. The molecule has 2 aromatic rings. The van der Waals surface area contributed by atoms with E-state index >= 15 is 0 Å². The molecule has 3 nitrogen and oxygen atoms in total. The van der Waals surface area contributed by atoms with Gasteiger partial charge < -0.3 is 10.5 Å². The van der Waals surface area contributed by atoms with Crippen molar-refractivity contribution >= 4 is 11.6 Å². The summed E-state index contributed by atoms with van der Waals surface area (Å²) >= 11 is 6.06. The summed E-state index contributed by atoms with van der Waals surface area (Å²) in [7, 11) is 0. The lowest BCUT2D eigenvalue weighted by atomic mass is 10.1. The van der Waals surface area contributed by atoms with Crippen molar-refractivity contribution in [3.63, 3.8) is 0 Å². The number of benzene rings is 1. The minimum absolute atomic E-state index is 0.0161. The molecular weight excluding hydrogens is 260 g/mol. The number of aromatic nitrogens is 1. The topological polar surface area (TPSA) is 48.1 Å². The highest BCUT2D eigenvalue weighted by Gasteiger charge is 2.05. The molecule has 100 valence electrons. The van der Waals surface area contributed by atoms with Crippen LogP contribution in [-0.2, 0) is 6.61 Å². The highest BCUT2D eigenvalue weighted by Crippen LogP contribution is 2.19. The number of pyridine rings is 1. The highest BCUT2D eigenvalue weighted by molar-refractivity contribution is 6.31. The van der Waals surface area contributed by atoms with Gasteiger partial charge in [0.25, 0.3) is 0 Å². The number of halogens is 1. The van der Waals surface area contributed by atoms with E-state index in [1.54, 1.807) is 6.20 Å². The Labute approximate surface area is 118 Å². The lowest BCUT2D eigenvalue weighted by Gasteiger charge is -2.10. The zero-order valence-electron chi connectivity index (χ0n) is 10.8. The maximum Gasteiger partial charge on any atom is 0.138 e. The average molecular weight is 277 g/mol. The summed E-state index contributed by atoms with van der Waals surface area (Å²) in [6.07, 6.45) is 2.56. The first-order valence-electron chi connectivity index (χ1n) is 6.28. The monoisotopic (exact) mass is 276 g/mol. The number of ether oxygens (including phenoxy) is 1. The molecule has 0 saturated carbocycles. The number of nitrogens with two attached hydrogens (primary N) is 1. The summed E-state index contributed by atoms with van der Waals surface area (Å²) in [5.74, 6) is 0.715. The third kappa shape index (κ3) is 3.69. The SMILES string of the molecule is CC[C@@H](N)c1ccc(OCc2ccccc2Cl)cn1. The minimum atomic E-state index is -0.0161. The van der Waals surface area contributed by atoms with Crippen molar-refractivity contribution in [2.75, 3.05) is 0 Å². The van der Waals surface area contributed by atoms with Crippen molar-refractivity contribution in [2.45, 2.75) is 26.0 Å². The zero-order valence-corrected chi connectivity index (χ0v) is 11.6. The van der Waals surface area contributed by atoms with Crippen LogP contribution in [0.2, 0.25) is 5.02 Å². The molecule has 0 spiro atoms. The van der Waals surface area contributed by atoms with Crippen LogP contribution in [0.1, 0.15) is 30.6 Å². The van der Waals surface area contributed by atoms with Crippen molar-refractivity contribution in [3.8, 4) is 5.75 Å². The van der Waals surface area contributed by atoms with E-state index in [2.05, 4.69) is 4.98 Å². The Bertz CT molecular complexity index is 528. The normalized spacial score (nSPS) is 12.2. The van der Waals surface area contributed by atoms with Crippen LogP contribution in [0.15, 0.2) is 42.6 Å². The molecule has 19 heavy (non-hydrogen) atoms. The van der Waals surface area contributed by atoms with Crippen LogP contribution in [0, 0.1) is 0 Å². The van der Waals surface area contributed by atoms with Gasteiger partial charge in [-0.15, -0.1) is 0 Å². The molecule has 0 amide bonds. The molecule has 0 aliphatic heterocycles. The predicted octanol–water partition coefficient (Wildman–Crippen LogP) is 3.72. The van der Waals surface area contributed by atoms with Crippen LogP contribution < -0.4 is 10.5 Å². The van der Waals surface area contributed by atoms with E-state index in [0.717, 1.165) is 17.7 Å². The fraction of sp³-hybridized carbons (Fsp3) is 0.267. The largest absolute Gasteiger partial charge is 0.487 e. The first-order chi connectivity index (χ1) is 9.20. The van der Waals surface area contributed by atoms with Gasteiger partial charge in [-0.05, 0) is 24.6 Å². The van der Waals surface area contributed by atoms with Crippen LogP contribution >= 0.6 is 11.6 Å². The van der Waals surface area contributed by atoms with E-state index in [1.807, 2.05) is 43.3 Å². The summed E-state index contributed by atoms with van der Waals surface area (Å²) in [6.45, 7) is 2.47. The molecule has 1 atom stereocenters. The Morgan fingerprint density at radius 3 is 2.68 bits per heavy atom. The third-order valence-corrected chi connectivity index (χ3v) is 3.30. The Hall–Kier alpha value is -1.58. The van der Waals surface area contributed by atoms with Crippen LogP contribution in [0.5, 0.6) is 5.75 Å². The molecule has 1 aromatic heterocycles. The van der Waals surface area contributed by atoms with Crippen LogP contribution in [0.4, 0.5) is 0 Å². The van der Waals surface area contributed by atoms with E-state index in [9.17, 15) is 0 Å². The summed E-state index contributed by atoms with van der Waals surface area (Å²) in [5, 5.41) is 0.708. The number of nitrogens with zero attached hydrogens (tertiary/aromatic N) is 1. The second-order valence-corrected chi connectivity index (χ2v) is 4.72. The molecule has 4 heteroatoms. The van der Waals surface area contributed by atoms with Gasteiger partial charge in [0.15, 0.2) is 0 Å². The van der Waals surface area contributed by atoms with Crippen molar-refractivity contribution in [1.82, 2.24) is 4.98 Å². The third-order valence-electron chi connectivity index (χ3n) is 2.93. The fourth-order valence-electron chi connectivity index (χ4n) is 1.68. The summed E-state index contributed by atoms with van der Waals surface area (Å²) in [6, 6.07) is 11.4. The Balaban J connectivity index is 1.99. The van der Waals surface area contributed by atoms with E-state index < -0.39 is 0 Å². The second-order valence-electron chi connectivity index (χ2n) is 4.31. The predicted molar refractivity (Wildman–Crippen MR) is 77.2 cm³/mol. The molecule has 0 saturated heterocycles. The number of hydrogen-bond donors (Lipinski definition) is 1. The van der Waals surface area contributed by atoms with Crippen LogP contribution in [0.25, 0.3) is 0 Å². The van der Waals surface area contributed by atoms with Gasteiger partial charge >= 0.3 is 0 Å². The van der Waals surface area contributed by atoms with Gasteiger partial charge in [0.2, 0.25) is 0 Å². The van der Waals surface area contributed by atoms with E-state index in [0.29, 0.717) is 17.4 Å². The highest BCUT2D eigenvalue weighted by atomic mass is 35.5. The summed E-state index contributed by atoms with van der Waals surface area (Å²) < 4.78 is 5.65. The van der Waals surface area contributed by atoms with Crippen LogP contribution in [-0.4, -0.2) is 4.98 Å². The first-order valence-corrected chi connectivity index (χ1v) is 6.66. The maximum atomic E-state index is 6.06. The molecular formula is C15H17ClN2O. The molecule has 1 aromatic carbocycles. The molecule has 0 fully saturated rings. The maximum absolute atomic E-state index is 6.06. The summed E-state index contributed by atoms with van der Waals surface area (Å²) in [4.78, 5) is 4.30. The van der Waals surface area contributed by atoms with Gasteiger partial charge in [-0.1, -0.05) is 36.7 Å². The first kappa shape index (κ1) is 13.8. The molecule has 2 N–H and O–H groups in total. The average Bonchev–Trinajstić information content (AvgIpc) is 2.46. The Kier molecular flexibility index (Phi) is 4.77. The zero-order chi connectivity index (χ0) is 13.7. The van der Waals surface area contributed by atoms with Gasteiger partial charge in [-0.3, -0.25) is 4.98 Å². The van der Waals surface area contributed by atoms with E-state index in [1.165, 1.54) is 0 Å². The molecule has 0 bridgehead atoms. The smallest absolute Gasteiger partial charge is 0.138 e. The van der Waals surface area contributed by atoms with Crippen molar-refractivity contribution in [1.29, 1.82) is 0 Å². The van der Waals surface area contributed by atoms with E-state index in [4.69, 9.17) is 22.1 Å². The Morgan fingerprint density at radius 2 is 2.05 bits per heavy atom. The Morgan fingerprint density at radius 1 is 1.26 bits per heavy atom. The van der Waals surface area contributed by atoms with Gasteiger partial charge in [0, 0.05) is 16.6 Å². The minimum Gasteiger partial charge on any atom is -0.487 e. The van der Waals surface area contributed by atoms with Crippen LogP contribution in [0.3, 0.4) is 0 Å². The standard InChI is InChI=1S/C15H17ClN2O/c1-2-14(17)15-8-7-12(9-18-15)19-10-11-5-3-4-6-13(11)16/h3-9,14H,2,10,17H2,1H3/t14-/m1/s1. The fourth-order valence-corrected chi connectivity index (χ4v) is 1.87. The van der Waals surface area contributed by atoms with Crippen molar-refractivity contribution in [3.05, 3.63) is 58.9 Å². The van der Waals surface area contributed by atoms with E-state index in [-0.39, 0.29) is 6.04 Å². The van der Waals surface area contributed by atoms with Gasteiger partial charge in [-0.25, -0.2) is 0 Å². The summed E-state index contributed by atoms with van der Waals surface area (Å²) in [5.41, 5.74) is 7.75. The van der Waals surface area contributed by atoms with Crippen molar-refractivity contribution < 1.29 is 4.74 Å². The number of rotatable bonds is 5.